The number of carbonyl (C=O) groups excluding carboxylic acids is 2. The first-order chi connectivity index (χ1) is 5.20. The molecule has 0 aliphatic heterocycles. The molecule has 0 spiro atoms. The van der Waals surface area contributed by atoms with Gasteiger partial charge in [0.25, 0.3) is 0 Å². The quantitative estimate of drug-likeness (QED) is 0.412. The van der Waals surface area contributed by atoms with Crippen LogP contribution in [0.1, 0.15) is 0 Å². The minimum Gasteiger partial charge on any atom is -0.652 e. The van der Waals surface area contributed by atoms with E-state index >= 15 is 0 Å². The molecule has 0 unspecified atom stereocenters. The summed E-state index contributed by atoms with van der Waals surface area (Å²) in [6.45, 7) is 0. The largest absolute Gasteiger partial charge is 2.00 e. The van der Waals surface area contributed by atoms with Crippen LogP contribution in [0, 0.1) is 0 Å². The van der Waals surface area contributed by atoms with Crippen LogP contribution in [0.5, 0.6) is 0 Å². The van der Waals surface area contributed by atoms with E-state index in [2.05, 4.69) is 0 Å². The van der Waals surface area contributed by atoms with Crippen molar-refractivity contribution in [3.63, 3.8) is 0 Å². The number of carboxylic acid groups (broad SMARTS) is 6. The van der Waals surface area contributed by atoms with Crippen molar-refractivity contribution in [1.82, 2.24) is 0 Å². The van der Waals surface area contributed by atoms with Crippen molar-refractivity contribution in [3.05, 3.63) is 0 Å². The van der Waals surface area contributed by atoms with Gasteiger partial charge < -0.3 is 40.2 Å². The van der Waals surface area contributed by atoms with Gasteiger partial charge in [0, 0.05) is 0 Å². The molecule has 72 valence electrons. The summed E-state index contributed by atoms with van der Waals surface area (Å²) < 4.78 is 0. The minimum absolute atomic E-state index is 0. The maximum Gasteiger partial charge on any atom is 2.00 e. The Morgan fingerprint density at radius 2 is 0.786 bits per heavy atom. The zero-order valence-electron chi connectivity index (χ0n) is 6.67. The summed E-state index contributed by atoms with van der Waals surface area (Å²) in [6.07, 6.45) is -6.50. The third kappa shape index (κ3) is 5530. The van der Waals surface area contributed by atoms with Crippen molar-refractivity contribution in [2.24, 2.45) is 0 Å². The molecule has 0 rings (SSSR count). The molecule has 0 aromatic rings. The predicted molar refractivity (Wildman–Crippen MR) is 33.0 cm³/mol. The molecule has 0 fully saturated rings. The fraction of sp³-hybridized carbons (Fsp3) is 0. The Labute approximate surface area is 144 Å². The first-order valence-corrected chi connectivity index (χ1v) is 1.88. The zero-order chi connectivity index (χ0) is 10.7. The van der Waals surface area contributed by atoms with Gasteiger partial charge in [-0.3, -0.25) is 0 Å². The summed E-state index contributed by atoms with van der Waals surface area (Å²) in [7, 11) is 0. The van der Waals surface area contributed by atoms with E-state index in [1.165, 1.54) is 0 Å². The van der Waals surface area contributed by atoms with Crippen molar-refractivity contribution in [2.75, 3.05) is 0 Å². The predicted octanol–water partition coefficient (Wildman–Crippen LogP) is -5.43. The van der Waals surface area contributed by atoms with Gasteiger partial charge in [0.05, 0.1) is 0 Å². The number of hydrogen-bond donors (Lipinski definition) is 2. The Kier molecular flexibility index (Phi) is 49.0. The average molecular weight is 310 g/mol. The number of carbonyl (C=O) groups is 3. The van der Waals surface area contributed by atoms with E-state index in [0.29, 0.717) is 0 Å². The van der Waals surface area contributed by atoms with Gasteiger partial charge in [0.1, 0.15) is 0 Å². The van der Waals surface area contributed by atoms with Crippen molar-refractivity contribution < 1.29 is 45.0 Å². The second kappa shape index (κ2) is 23.4. The molecule has 0 heterocycles. The van der Waals surface area contributed by atoms with E-state index in [0.717, 1.165) is 0 Å². The van der Waals surface area contributed by atoms with Gasteiger partial charge in [0.2, 0.25) is 0 Å². The molecule has 11 heteroatoms. The fourth-order valence-corrected chi connectivity index (χ4v) is 0. The molecular formula is C3H2CaO9Sr. The topological polar surface area (TPSA) is 184 Å². The SMILES string of the molecule is O=C(O)O.O=C([O-])[O-].O=C([O-])[O-].[Ca+2].[Sr+2]. The Morgan fingerprint density at radius 3 is 0.786 bits per heavy atom. The maximum atomic E-state index is 8.56. The summed E-state index contributed by atoms with van der Waals surface area (Å²) in [5.74, 6) is 0. The van der Waals surface area contributed by atoms with E-state index in [1.54, 1.807) is 0 Å². The molecule has 0 aromatic carbocycles. The molecule has 0 radical (unpaired) electrons. The van der Waals surface area contributed by atoms with Gasteiger partial charge in [-0.05, 0) is 12.3 Å². The van der Waals surface area contributed by atoms with Crippen LogP contribution in [0.25, 0.3) is 0 Å². The fourth-order valence-electron chi connectivity index (χ4n) is 0. The van der Waals surface area contributed by atoms with E-state index < -0.39 is 18.5 Å². The first kappa shape index (κ1) is 29.3. The van der Waals surface area contributed by atoms with Crippen LogP contribution in [-0.4, -0.2) is 112 Å². The monoisotopic (exact) mass is 310 g/mol. The third-order valence-electron chi connectivity index (χ3n) is 0. The van der Waals surface area contributed by atoms with Crippen LogP contribution in [-0.2, 0) is 0 Å². The smallest absolute Gasteiger partial charge is 0.652 e. The summed E-state index contributed by atoms with van der Waals surface area (Å²) in [5, 5.41) is 47.3. The molecular weight excluding hydrogens is 308 g/mol. The van der Waals surface area contributed by atoms with Gasteiger partial charge in [-0.15, -0.1) is 0 Å². The summed E-state index contributed by atoms with van der Waals surface area (Å²) >= 11 is 0. The summed E-state index contributed by atoms with van der Waals surface area (Å²) in [5.41, 5.74) is 0. The Morgan fingerprint density at radius 1 is 0.786 bits per heavy atom. The summed E-state index contributed by atoms with van der Waals surface area (Å²) in [6, 6.07) is 0. The zero-order valence-corrected chi connectivity index (χ0v) is 12.4. The van der Waals surface area contributed by atoms with Crippen molar-refractivity contribution in [1.29, 1.82) is 0 Å². The molecule has 0 saturated carbocycles. The van der Waals surface area contributed by atoms with E-state index in [9.17, 15) is 0 Å². The molecule has 2 N–H and O–H groups in total. The van der Waals surface area contributed by atoms with Crippen LogP contribution >= 0.6 is 0 Å². The minimum atomic E-state index is -2.33. The third-order valence-corrected chi connectivity index (χ3v) is 0. The normalized spacial score (nSPS) is 5.14. The number of hydrogen-bond acceptors (Lipinski definition) is 7. The van der Waals surface area contributed by atoms with Crippen molar-refractivity contribution >= 4 is 102 Å². The van der Waals surface area contributed by atoms with Gasteiger partial charge in [0.15, 0.2) is 0 Å². The molecule has 9 nitrogen and oxygen atoms in total. The Hall–Kier alpha value is 0.550. The standard InChI is InChI=1S/3CH2O3.Ca.Sr/c3*2-1(3)4;;/h3*(H2,2,3,4);;/q;;;2*+2/p-4. The van der Waals surface area contributed by atoms with E-state index in [1.807, 2.05) is 0 Å². The van der Waals surface area contributed by atoms with Crippen molar-refractivity contribution in [2.45, 2.75) is 0 Å². The Balaban J connectivity index is -0.0000000270. The second-order valence-corrected chi connectivity index (χ2v) is 0.783. The van der Waals surface area contributed by atoms with Crippen LogP contribution in [0.4, 0.5) is 14.4 Å². The van der Waals surface area contributed by atoms with Gasteiger partial charge in [-0.2, -0.15) is 0 Å². The van der Waals surface area contributed by atoms with Crippen LogP contribution < -0.4 is 20.4 Å². The summed E-state index contributed by atoms with van der Waals surface area (Å²) in [4.78, 5) is 25.2. The molecule has 0 bridgehead atoms. The molecule has 0 saturated heterocycles. The van der Waals surface area contributed by atoms with Crippen LogP contribution in [0.2, 0.25) is 0 Å². The van der Waals surface area contributed by atoms with Gasteiger partial charge >= 0.3 is 89.4 Å². The molecule has 0 atom stereocenters. The molecule has 0 amide bonds. The molecule has 0 aromatic heterocycles. The van der Waals surface area contributed by atoms with Crippen molar-refractivity contribution in [3.8, 4) is 0 Å². The number of rotatable bonds is 0. The second-order valence-electron chi connectivity index (χ2n) is 0.783. The molecule has 0 aliphatic carbocycles. The van der Waals surface area contributed by atoms with E-state index in [4.69, 9.17) is 45.0 Å². The first-order valence-electron chi connectivity index (χ1n) is 1.88. The van der Waals surface area contributed by atoms with Crippen LogP contribution in [0.3, 0.4) is 0 Å². The maximum absolute atomic E-state index is 8.56. The van der Waals surface area contributed by atoms with Gasteiger partial charge in [-0.25, -0.2) is 4.79 Å². The van der Waals surface area contributed by atoms with Gasteiger partial charge in [-0.1, -0.05) is 0 Å². The molecule has 14 heavy (non-hydrogen) atoms. The van der Waals surface area contributed by atoms with Crippen LogP contribution in [0.15, 0.2) is 0 Å². The van der Waals surface area contributed by atoms with E-state index in [-0.39, 0.29) is 83.2 Å². The molecule has 0 aliphatic rings. The Bertz CT molecular complexity index is 118. The average Bonchev–Trinajstić information content (AvgIpc) is 1.54.